The number of hydrogen-bond donors (Lipinski definition) is 0. The lowest BCUT2D eigenvalue weighted by Crippen LogP contribution is -2.12. The van der Waals surface area contributed by atoms with Crippen LogP contribution in [-0.4, -0.2) is 15.0 Å². The van der Waals surface area contributed by atoms with E-state index in [0.29, 0.717) is 0 Å². The Balaban J connectivity index is 0.000000255. The summed E-state index contributed by atoms with van der Waals surface area (Å²) in [6.45, 7) is 28.0. The van der Waals surface area contributed by atoms with Crippen LogP contribution in [0.3, 0.4) is 0 Å². The van der Waals surface area contributed by atoms with Gasteiger partial charge in [0.25, 0.3) is 0 Å². The van der Waals surface area contributed by atoms with Crippen LogP contribution in [0.2, 0.25) is 0 Å². The maximum Gasteiger partial charge on any atom is 0.125 e. The van der Waals surface area contributed by atoms with Crippen LogP contribution < -0.4 is 0 Å². The molecule has 0 fully saturated rings. The van der Waals surface area contributed by atoms with Crippen LogP contribution in [-0.2, 0) is 16.2 Å². The normalized spacial score (nSPS) is 11.7. The van der Waals surface area contributed by atoms with Gasteiger partial charge in [0.1, 0.15) is 5.82 Å². The van der Waals surface area contributed by atoms with Gasteiger partial charge in [-0.15, -0.1) is 0 Å². The second-order valence-corrected chi connectivity index (χ2v) is 12.3. The van der Waals surface area contributed by atoms with Gasteiger partial charge in [0.05, 0.1) is 0 Å². The van der Waals surface area contributed by atoms with E-state index in [-0.39, 0.29) is 16.2 Å². The lowest BCUT2D eigenvalue weighted by atomic mass is 9.85. The summed E-state index contributed by atoms with van der Waals surface area (Å²) < 4.78 is 0. The van der Waals surface area contributed by atoms with Gasteiger partial charge in [-0.2, -0.15) is 0 Å². The van der Waals surface area contributed by atoms with Crippen molar-refractivity contribution in [1.29, 1.82) is 0 Å². The molecule has 2 heterocycles. The fourth-order valence-corrected chi connectivity index (χ4v) is 2.90. The molecule has 3 heteroatoms. The molecule has 0 atom stereocenters. The Hall–Kier alpha value is -2.55. The third kappa shape index (κ3) is 10.2. The molecule has 2 aromatic heterocycles. The Kier molecular flexibility index (Phi) is 10.2. The highest BCUT2D eigenvalue weighted by atomic mass is 14.8. The molecule has 0 spiro atoms. The van der Waals surface area contributed by atoms with Crippen molar-refractivity contribution in [1.82, 2.24) is 15.0 Å². The van der Waals surface area contributed by atoms with E-state index in [9.17, 15) is 0 Å². The van der Waals surface area contributed by atoms with Gasteiger partial charge in [-0.3, -0.25) is 4.98 Å². The number of pyridine rings is 1. The molecule has 0 unspecified atom stereocenters. The van der Waals surface area contributed by atoms with Crippen LogP contribution >= 0.6 is 0 Å². The van der Waals surface area contributed by atoms with E-state index < -0.39 is 0 Å². The summed E-state index contributed by atoms with van der Waals surface area (Å²) >= 11 is 0. The van der Waals surface area contributed by atoms with Crippen LogP contribution in [0.5, 0.6) is 0 Å². The molecule has 0 amide bonds. The number of hydrogen-bond acceptors (Lipinski definition) is 3. The molecule has 0 aliphatic heterocycles. The second-order valence-electron chi connectivity index (χ2n) is 12.3. The standard InChI is InChI=1S/C12H18.C10H15N.C9H14N2/c1-9-6-7-11(8-10(9)2)12(3,4)5;1-8-5-6-9(7-11-8)10(2,3)4;1-7-10-5-8(6-11-7)9(2,3)4/h6-8H,1-5H3;5-7H,1-4H3;5-6H,1-4H3. The van der Waals surface area contributed by atoms with Gasteiger partial charge in [-0.1, -0.05) is 86.6 Å². The highest BCUT2D eigenvalue weighted by molar-refractivity contribution is 5.33. The van der Waals surface area contributed by atoms with Crippen molar-refractivity contribution in [3.05, 3.63) is 88.3 Å². The SMILES string of the molecule is Cc1ccc(C(C)(C)C)cc1C.Cc1ccc(C(C)(C)C)cn1.Cc1ncc(C(C)(C)C)cn1. The Morgan fingerprint density at radius 3 is 1.29 bits per heavy atom. The highest BCUT2D eigenvalue weighted by Crippen LogP contribution is 2.24. The van der Waals surface area contributed by atoms with Gasteiger partial charge in [-0.05, 0) is 77.8 Å². The first-order chi connectivity index (χ1) is 15.4. The predicted octanol–water partition coefficient (Wildman–Crippen LogP) is 8.37. The summed E-state index contributed by atoms with van der Waals surface area (Å²) in [5, 5.41) is 0. The molecule has 1 aromatic carbocycles. The van der Waals surface area contributed by atoms with Crippen LogP contribution in [0, 0.1) is 27.7 Å². The minimum atomic E-state index is 0.160. The smallest absolute Gasteiger partial charge is 0.125 e. The third-order valence-electron chi connectivity index (χ3n) is 5.80. The molecule has 0 N–H and O–H groups in total. The quantitative estimate of drug-likeness (QED) is 0.337. The van der Waals surface area contributed by atoms with Crippen molar-refractivity contribution in [2.45, 2.75) is 106 Å². The number of rotatable bonds is 0. The molecule has 34 heavy (non-hydrogen) atoms. The summed E-state index contributed by atoms with van der Waals surface area (Å²) in [6, 6.07) is 10.9. The zero-order chi connectivity index (χ0) is 26.3. The van der Waals surface area contributed by atoms with Crippen molar-refractivity contribution in [2.24, 2.45) is 0 Å². The molecule has 3 nitrogen and oxygen atoms in total. The molecule has 186 valence electrons. The molecule has 0 saturated heterocycles. The summed E-state index contributed by atoms with van der Waals surface area (Å²) in [6.07, 6.45) is 5.74. The van der Waals surface area contributed by atoms with Gasteiger partial charge < -0.3 is 0 Å². The molecular weight excluding hydrogens is 414 g/mol. The summed E-state index contributed by atoms with van der Waals surface area (Å²) in [5.74, 6) is 0.831. The minimum Gasteiger partial charge on any atom is -0.261 e. The lowest BCUT2D eigenvalue weighted by molar-refractivity contribution is 0.583. The second kappa shape index (κ2) is 11.7. The average Bonchev–Trinajstić information content (AvgIpc) is 2.69. The van der Waals surface area contributed by atoms with Crippen molar-refractivity contribution in [2.75, 3.05) is 0 Å². The fraction of sp³-hybridized carbons (Fsp3) is 0.516. The molecule has 0 bridgehead atoms. The monoisotopic (exact) mass is 461 g/mol. The molecule has 0 aliphatic carbocycles. The molecule has 0 aliphatic rings. The third-order valence-corrected chi connectivity index (χ3v) is 5.80. The molecular formula is C31H47N3. The number of aromatic nitrogens is 3. The van der Waals surface area contributed by atoms with E-state index in [2.05, 4.69) is 121 Å². The first-order valence-corrected chi connectivity index (χ1v) is 12.2. The number of nitrogens with zero attached hydrogens (tertiary/aromatic N) is 3. The van der Waals surface area contributed by atoms with Crippen LogP contribution in [0.25, 0.3) is 0 Å². The molecule has 3 rings (SSSR count). The average molecular weight is 462 g/mol. The van der Waals surface area contributed by atoms with Gasteiger partial charge in [-0.25, -0.2) is 9.97 Å². The maximum atomic E-state index is 4.25. The largest absolute Gasteiger partial charge is 0.261 e. The van der Waals surface area contributed by atoms with Crippen LogP contribution in [0.1, 0.15) is 102 Å². The number of aryl methyl sites for hydroxylation is 4. The number of benzene rings is 1. The van der Waals surface area contributed by atoms with E-state index in [1.165, 1.54) is 27.8 Å². The minimum absolute atomic E-state index is 0.160. The molecule has 0 saturated carbocycles. The molecule has 0 radical (unpaired) electrons. The van der Waals surface area contributed by atoms with E-state index >= 15 is 0 Å². The summed E-state index contributed by atoms with van der Waals surface area (Å²) in [5.41, 5.74) is 8.41. The Morgan fingerprint density at radius 2 is 0.912 bits per heavy atom. The Labute approximate surface area is 209 Å². The van der Waals surface area contributed by atoms with Crippen molar-refractivity contribution in [3.63, 3.8) is 0 Å². The van der Waals surface area contributed by atoms with Gasteiger partial charge in [0.15, 0.2) is 0 Å². The van der Waals surface area contributed by atoms with Crippen molar-refractivity contribution >= 4 is 0 Å². The summed E-state index contributed by atoms with van der Waals surface area (Å²) in [7, 11) is 0. The highest BCUT2D eigenvalue weighted by Gasteiger charge is 2.14. The Morgan fingerprint density at radius 1 is 0.471 bits per heavy atom. The fourth-order valence-electron chi connectivity index (χ4n) is 2.90. The maximum absolute atomic E-state index is 4.25. The molecule has 3 aromatic rings. The van der Waals surface area contributed by atoms with Gasteiger partial charge in [0.2, 0.25) is 0 Å². The Bertz CT molecular complexity index is 955. The van der Waals surface area contributed by atoms with E-state index in [1.807, 2.05) is 32.4 Å². The predicted molar refractivity (Wildman–Crippen MR) is 148 cm³/mol. The summed E-state index contributed by atoms with van der Waals surface area (Å²) in [4.78, 5) is 12.5. The van der Waals surface area contributed by atoms with Crippen LogP contribution in [0.15, 0.2) is 48.9 Å². The van der Waals surface area contributed by atoms with Gasteiger partial charge >= 0.3 is 0 Å². The van der Waals surface area contributed by atoms with Gasteiger partial charge in [0, 0.05) is 24.3 Å². The van der Waals surface area contributed by atoms with Crippen LogP contribution in [0.4, 0.5) is 0 Å². The van der Waals surface area contributed by atoms with Crippen molar-refractivity contribution < 1.29 is 0 Å². The zero-order valence-electron chi connectivity index (χ0n) is 24.0. The first-order valence-electron chi connectivity index (χ1n) is 12.2. The zero-order valence-corrected chi connectivity index (χ0v) is 24.0. The van der Waals surface area contributed by atoms with E-state index in [1.54, 1.807) is 0 Å². The topological polar surface area (TPSA) is 38.7 Å². The lowest BCUT2D eigenvalue weighted by Gasteiger charge is -2.19. The van der Waals surface area contributed by atoms with E-state index in [0.717, 1.165) is 11.5 Å². The first kappa shape index (κ1) is 29.5. The van der Waals surface area contributed by atoms with E-state index in [4.69, 9.17) is 0 Å². The van der Waals surface area contributed by atoms with Crippen molar-refractivity contribution in [3.8, 4) is 0 Å².